The molecule has 0 spiro atoms. The highest BCUT2D eigenvalue weighted by atomic mass is 19.1. The minimum Gasteiger partial charge on any atom is -0.373 e. The Morgan fingerprint density at radius 3 is 2.80 bits per heavy atom. The first-order chi connectivity index (χ1) is 7.15. The van der Waals surface area contributed by atoms with Crippen molar-refractivity contribution in [3.8, 4) is 0 Å². The molecule has 0 aromatic heterocycles. The molecule has 0 aliphatic heterocycles. The van der Waals surface area contributed by atoms with Gasteiger partial charge >= 0.3 is 0 Å². The molecule has 0 amide bonds. The second-order valence-electron chi connectivity index (χ2n) is 4.24. The molecule has 0 bridgehead atoms. The first kappa shape index (κ1) is 10.6. The number of hydrogen-bond donors (Lipinski definition) is 1. The Bertz CT molecular complexity index is 347. The second-order valence-corrected chi connectivity index (χ2v) is 4.24. The Morgan fingerprint density at radius 1 is 1.47 bits per heavy atom. The monoisotopic (exact) mass is 209 g/mol. The van der Waals surface area contributed by atoms with Gasteiger partial charge in [-0.05, 0) is 43.0 Å². The van der Waals surface area contributed by atoms with E-state index < -0.39 is 0 Å². The number of nitrogens with two attached hydrogens (primary N) is 1. The predicted octanol–water partition coefficient (Wildman–Crippen LogP) is 2.14. The molecule has 3 heteroatoms. The molecule has 0 radical (unpaired) electrons. The summed E-state index contributed by atoms with van der Waals surface area (Å²) in [5, 5.41) is 0. The van der Waals surface area contributed by atoms with Crippen LogP contribution >= 0.6 is 0 Å². The van der Waals surface area contributed by atoms with Gasteiger partial charge in [0.05, 0.1) is 12.7 Å². The van der Waals surface area contributed by atoms with Crippen molar-refractivity contribution in [1.82, 2.24) is 0 Å². The van der Waals surface area contributed by atoms with E-state index in [1.54, 1.807) is 6.07 Å². The van der Waals surface area contributed by atoms with Gasteiger partial charge < -0.3 is 10.5 Å². The lowest BCUT2D eigenvalue weighted by Crippen LogP contribution is -2.41. The Morgan fingerprint density at radius 2 is 2.20 bits per heavy atom. The highest BCUT2D eigenvalue weighted by Gasteiger charge is 2.26. The summed E-state index contributed by atoms with van der Waals surface area (Å²) < 4.78 is 18.5. The lowest BCUT2D eigenvalue weighted by atomic mass is 9.90. The van der Waals surface area contributed by atoms with Crippen molar-refractivity contribution < 1.29 is 9.13 Å². The molecule has 1 saturated carbocycles. The third kappa shape index (κ3) is 2.55. The first-order valence-electron chi connectivity index (χ1n) is 5.27. The maximum Gasteiger partial charge on any atom is 0.123 e. The van der Waals surface area contributed by atoms with E-state index in [0.717, 1.165) is 24.0 Å². The number of ether oxygens (including phenoxy) is 1. The minimum absolute atomic E-state index is 0.193. The molecule has 82 valence electrons. The Balaban J connectivity index is 1.88. The fourth-order valence-electron chi connectivity index (χ4n) is 1.77. The minimum atomic E-state index is -0.193. The molecule has 1 aliphatic carbocycles. The van der Waals surface area contributed by atoms with E-state index in [4.69, 9.17) is 10.5 Å². The van der Waals surface area contributed by atoms with Gasteiger partial charge in [-0.15, -0.1) is 0 Å². The van der Waals surface area contributed by atoms with Crippen LogP contribution < -0.4 is 5.73 Å². The zero-order valence-electron chi connectivity index (χ0n) is 8.87. The van der Waals surface area contributed by atoms with Gasteiger partial charge in [0.15, 0.2) is 0 Å². The summed E-state index contributed by atoms with van der Waals surface area (Å²) in [6.45, 7) is 2.46. The van der Waals surface area contributed by atoms with Crippen molar-refractivity contribution in [2.45, 2.75) is 38.5 Å². The summed E-state index contributed by atoms with van der Waals surface area (Å²) in [4.78, 5) is 0. The van der Waals surface area contributed by atoms with E-state index >= 15 is 0 Å². The van der Waals surface area contributed by atoms with E-state index in [1.165, 1.54) is 12.1 Å². The van der Waals surface area contributed by atoms with Crippen LogP contribution in [0.5, 0.6) is 0 Å². The average molecular weight is 209 g/mol. The van der Waals surface area contributed by atoms with Crippen LogP contribution in [0.1, 0.15) is 24.0 Å². The third-order valence-corrected chi connectivity index (χ3v) is 2.91. The normalized spacial score (nSPS) is 25.0. The SMILES string of the molecule is Cc1cc(F)ccc1COC1CC(N)C1. The average Bonchev–Trinajstić information content (AvgIpc) is 2.13. The highest BCUT2D eigenvalue weighted by molar-refractivity contribution is 5.25. The molecule has 1 aromatic rings. The van der Waals surface area contributed by atoms with E-state index in [1.807, 2.05) is 6.92 Å². The van der Waals surface area contributed by atoms with Gasteiger partial charge in [-0.1, -0.05) is 6.07 Å². The first-order valence-corrected chi connectivity index (χ1v) is 5.27. The van der Waals surface area contributed by atoms with Crippen molar-refractivity contribution in [2.24, 2.45) is 5.73 Å². The molecule has 0 saturated heterocycles. The molecule has 1 fully saturated rings. The van der Waals surface area contributed by atoms with Crippen LogP contribution in [0.2, 0.25) is 0 Å². The zero-order valence-corrected chi connectivity index (χ0v) is 8.87. The van der Waals surface area contributed by atoms with E-state index in [2.05, 4.69) is 0 Å². The van der Waals surface area contributed by atoms with Crippen molar-refractivity contribution in [3.05, 3.63) is 35.1 Å². The van der Waals surface area contributed by atoms with Gasteiger partial charge in [0.25, 0.3) is 0 Å². The molecule has 0 unspecified atom stereocenters. The molecule has 0 heterocycles. The zero-order chi connectivity index (χ0) is 10.8. The third-order valence-electron chi connectivity index (χ3n) is 2.91. The Hall–Kier alpha value is -0.930. The van der Waals surface area contributed by atoms with Gasteiger partial charge in [0.2, 0.25) is 0 Å². The molecule has 15 heavy (non-hydrogen) atoms. The summed E-state index contributed by atoms with van der Waals surface area (Å²) in [6, 6.07) is 5.09. The maximum absolute atomic E-state index is 12.8. The number of benzene rings is 1. The van der Waals surface area contributed by atoms with Crippen LogP contribution in [0.4, 0.5) is 4.39 Å². The molecule has 1 aromatic carbocycles. The molecule has 2 nitrogen and oxygen atoms in total. The summed E-state index contributed by atoms with van der Waals surface area (Å²) in [7, 11) is 0. The molecular weight excluding hydrogens is 193 g/mol. The van der Waals surface area contributed by atoms with Crippen LogP contribution in [-0.2, 0) is 11.3 Å². The predicted molar refractivity (Wildman–Crippen MR) is 56.9 cm³/mol. The van der Waals surface area contributed by atoms with Crippen LogP contribution in [-0.4, -0.2) is 12.1 Å². The lowest BCUT2D eigenvalue weighted by molar-refractivity contribution is -0.0190. The topological polar surface area (TPSA) is 35.2 Å². The lowest BCUT2D eigenvalue weighted by Gasteiger charge is -2.32. The van der Waals surface area contributed by atoms with Crippen LogP contribution in [0.15, 0.2) is 18.2 Å². The summed E-state index contributed by atoms with van der Waals surface area (Å²) in [6.07, 6.45) is 2.19. The van der Waals surface area contributed by atoms with E-state index in [0.29, 0.717) is 18.8 Å². The Kier molecular flexibility index (Phi) is 3.03. The molecule has 1 aliphatic rings. The fourth-order valence-corrected chi connectivity index (χ4v) is 1.77. The number of halogens is 1. The van der Waals surface area contributed by atoms with Crippen LogP contribution in [0, 0.1) is 12.7 Å². The largest absolute Gasteiger partial charge is 0.373 e. The molecule has 0 atom stereocenters. The smallest absolute Gasteiger partial charge is 0.123 e. The quantitative estimate of drug-likeness (QED) is 0.827. The molecule has 2 rings (SSSR count). The number of aryl methyl sites for hydroxylation is 1. The van der Waals surface area contributed by atoms with E-state index in [9.17, 15) is 4.39 Å². The summed E-state index contributed by atoms with van der Waals surface area (Å²) >= 11 is 0. The van der Waals surface area contributed by atoms with Gasteiger partial charge in [0.1, 0.15) is 5.82 Å². The highest BCUT2D eigenvalue weighted by Crippen LogP contribution is 2.23. The molecule has 2 N–H and O–H groups in total. The van der Waals surface area contributed by atoms with Crippen molar-refractivity contribution in [3.63, 3.8) is 0 Å². The van der Waals surface area contributed by atoms with Gasteiger partial charge in [-0.2, -0.15) is 0 Å². The van der Waals surface area contributed by atoms with Crippen molar-refractivity contribution in [2.75, 3.05) is 0 Å². The molecular formula is C12H16FNO. The van der Waals surface area contributed by atoms with E-state index in [-0.39, 0.29) is 5.82 Å². The fraction of sp³-hybridized carbons (Fsp3) is 0.500. The standard InChI is InChI=1S/C12H16FNO/c1-8-4-10(13)3-2-9(8)7-15-12-5-11(14)6-12/h2-4,11-12H,5-7,14H2,1H3. The maximum atomic E-state index is 12.8. The number of hydrogen-bond acceptors (Lipinski definition) is 2. The van der Waals surface area contributed by atoms with Gasteiger partial charge in [-0.3, -0.25) is 0 Å². The van der Waals surface area contributed by atoms with Gasteiger partial charge in [0, 0.05) is 6.04 Å². The van der Waals surface area contributed by atoms with Crippen LogP contribution in [0.3, 0.4) is 0 Å². The van der Waals surface area contributed by atoms with Crippen molar-refractivity contribution in [1.29, 1.82) is 0 Å². The summed E-state index contributed by atoms with van der Waals surface area (Å²) in [5.41, 5.74) is 7.65. The summed E-state index contributed by atoms with van der Waals surface area (Å²) in [5.74, 6) is -0.193. The second kappa shape index (κ2) is 4.29. The van der Waals surface area contributed by atoms with Crippen LogP contribution in [0.25, 0.3) is 0 Å². The Labute approximate surface area is 89.2 Å². The van der Waals surface area contributed by atoms with Crippen molar-refractivity contribution >= 4 is 0 Å². The number of rotatable bonds is 3. The van der Waals surface area contributed by atoms with Gasteiger partial charge in [-0.25, -0.2) is 4.39 Å².